The van der Waals surface area contributed by atoms with Gasteiger partial charge in [-0.25, -0.2) is 0 Å². The van der Waals surface area contributed by atoms with Crippen molar-refractivity contribution < 1.29 is 29.6 Å². The van der Waals surface area contributed by atoms with Crippen molar-refractivity contribution in [3.8, 4) is 5.75 Å². The van der Waals surface area contributed by atoms with Crippen molar-refractivity contribution in [2.24, 2.45) is 5.16 Å². The van der Waals surface area contributed by atoms with E-state index in [1.165, 1.54) is 7.11 Å². The predicted octanol–water partition coefficient (Wildman–Crippen LogP) is 2.87. The molecule has 7 nitrogen and oxygen atoms in total. The van der Waals surface area contributed by atoms with Crippen LogP contribution in [0, 0.1) is 0 Å². The molecule has 3 N–H and O–H groups in total. The Hall–Kier alpha value is -2.16. The molecular weight excluding hydrogens is 422 g/mol. The van der Waals surface area contributed by atoms with E-state index in [4.69, 9.17) is 21.1 Å². The monoisotopic (exact) mass is 449 g/mol. The van der Waals surface area contributed by atoms with Crippen molar-refractivity contribution >= 4 is 17.8 Å². The highest BCUT2D eigenvalue weighted by atomic mass is 35.5. The van der Waals surface area contributed by atoms with E-state index in [0.717, 1.165) is 16.9 Å². The van der Waals surface area contributed by atoms with Crippen molar-refractivity contribution in [2.75, 3.05) is 13.7 Å². The third-order valence-corrected chi connectivity index (χ3v) is 5.63. The molecule has 31 heavy (non-hydrogen) atoms. The summed E-state index contributed by atoms with van der Waals surface area (Å²) in [6.07, 6.45) is -2.11. The Balaban J connectivity index is 1.67. The van der Waals surface area contributed by atoms with E-state index >= 15 is 0 Å². The van der Waals surface area contributed by atoms with Gasteiger partial charge in [0.05, 0.1) is 12.7 Å². The molecule has 0 aromatic heterocycles. The zero-order valence-corrected chi connectivity index (χ0v) is 18.3. The number of aliphatic hydroxyl groups excluding tert-OH is 3. The maximum absolute atomic E-state index is 10.4. The van der Waals surface area contributed by atoms with E-state index in [0.29, 0.717) is 30.0 Å². The summed E-state index contributed by atoms with van der Waals surface area (Å²) < 4.78 is 11.4. The fraction of sp³-hybridized carbons (Fsp3) is 0.435. The average Bonchev–Trinajstić information content (AvgIpc) is 2.77. The molecular formula is C23H28ClNO6. The first-order chi connectivity index (χ1) is 14.9. The highest BCUT2D eigenvalue weighted by molar-refractivity contribution is 6.31. The van der Waals surface area contributed by atoms with Gasteiger partial charge in [-0.15, -0.1) is 0 Å². The van der Waals surface area contributed by atoms with Gasteiger partial charge in [-0.2, -0.15) is 0 Å². The second-order valence-corrected chi connectivity index (χ2v) is 7.92. The van der Waals surface area contributed by atoms with Crippen LogP contribution in [-0.2, 0) is 16.0 Å². The van der Waals surface area contributed by atoms with Gasteiger partial charge in [0.25, 0.3) is 0 Å². The molecule has 0 spiro atoms. The number of ether oxygens (including phenoxy) is 2. The first kappa shape index (κ1) is 23.5. The molecule has 5 atom stereocenters. The van der Waals surface area contributed by atoms with Crippen LogP contribution in [-0.4, -0.2) is 59.7 Å². The van der Waals surface area contributed by atoms with E-state index < -0.39 is 30.5 Å². The number of nitrogens with zero attached hydrogens (tertiary/aromatic N) is 1. The van der Waals surface area contributed by atoms with Crippen LogP contribution >= 0.6 is 11.6 Å². The fourth-order valence-corrected chi connectivity index (χ4v) is 3.70. The molecule has 1 aliphatic rings. The van der Waals surface area contributed by atoms with Crippen LogP contribution in [0.15, 0.2) is 47.6 Å². The highest BCUT2D eigenvalue weighted by Gasteiger charge is 2.42. The minimum atomic E-state index is -1.28. The average molecular weight is 450 g/mol. The summed E-state index contributed by atoms with van der Waals surface area (Å²) in [4.78, 5) is 4.60. The van der Waals surface area contributed by atoms with Crippen molar-refractivity contribution in [3.05, 3.63) is 64.2 Å². The Morgan fingerprint density at radius 1 is 1.06 bits per heavy atom. The topological polar surface area (TPSA) is 101 Å². The summed E-state index contributed by atoms with van der Waals surface area (Å²) in [7, 11) is 1.50. The van der Waals surface area contributed by atoms with Crippen molar-refractivity contribution in [3.63, 3.8) is 0 Å². The maximum Gasteiger partial charge on any atom is 0.119 e. The fourth-order valence-electron chi connectivity index (χ4n) is 3.51. The first-order valence-electron chi connectivity index (χ1n) is 10.2. The SMILES string of the molecule is CO/N=C/CCOc1ccc(Cc2cc(C3OC(C)[C@@H](O)[C@H](O)[C@H]3O)ccc2Cl)cc1. The molecule has 2 aromatic carbocycles. The van der Waals surface area contributed by atoms with Crippen molar-refractivity contribution in [1.29, 1.82) is 0 Å². The summed E-state index contributed by atoms with van der Waals surface area (Å²) in [6.45, 7) is 2.17. The predicted molar refractivity (Wildman–Crippen MR) is 118 cm³/mol. The van der Waals surface area contributed by atoms with E-state index in [1.54, 1.807) is 25.3 Å². The number of halogens is 1. The van der Waals surface area contributed by atoms with Gasteiger partial charge in [0.1, 0.15) is 37.3 Å². The largest absolute Gasteiger partial charge is 0.493 e. The van der Waals surface area contributed by atoms with E-state index in [2.05, 4.69) is 9.99 Å². The minimum absolute atomic E-state index is 0.503. The number of hydrogen-bond donors (Lipinski definition) is 3. The lowest BCUT2D eigenvalue weighted by atomic mass is 9.90. The molecule has 1 heterocycles. The Bertz CT molecular complexity index is 875. The molecule has 0 saturated carbocycles. The highest BCUT2D eigenvalue weighted by Crippen LogP contribution is 2.34. The number of benzene rings is 2. The first-order valence-corrected chi connectivity index (χ1v) is 10.5. The van der Waals surface area contributed by atoms with Gasteiger partial charge in [-0.05, 0) is 48.2 Å². The summed E-state index contributed by atoms with van der Waals surface area (Å²) in [5.41, 5.74) is 2.61. The Kier molecular flexibility index (Phi) is 8.28. The second kappa shape index (κ2) is 10.9. The van der Waals surface area contributed by atoms with Crippen LogP contribution < -0.4 is 4.74 Å². The third-order valence-electron chi connectivity index (χ3n) is 5.26. The molecule has 1 aliphatic heterocycles. The normalized spacial score (nSPS) is 26.2. The van der Waals surface area contributed by atoms with Gasteiger partial charge >= 0.3 is 0 Å². The smallest absolute Gasteiger partial charge is 0.119 e. The molecule has 0 amide bonds. The zero-order chi connectivity index (χ0) is 22.4. The van der Waals surface area contributed by atoms with Crippen molar-refractivity contribution in [1.82, 2.24) is 0 Å². The Morgan fingerprint density at radius 2 is 1.81 bits per heavy atom. The molecule has 0 radical (unpaired) electrons. The van der Waals surface area contributed by atoms with Crippen LogP contribution in [0.1, 0.15) is 36.1 Å². The van der Waals surface area contributed by atoms with Gasteiger partial charge in [0.15, 0.2) is 0 Å². The second-order valence-electron chi connectivity index (χ2n) is 7.51. The minimum Gasteiger partial charge on any atom is -0.493 e. The molecule has 2 unspecified atom stereocenters. The standard InChI is InChI=1S/C23H28ClNO6/c1-14-20(26)21(27)22(28)23(31-14)16-6-9-19(24)17(13-16)12-15-4-7-18(8-5-15)30-11-3-10-25-29-2/h4-10,13-14,20-23,26-28H,3,11-12H2,1-2H3/b25-10+/t14?,20-,21+,22-,23?/m1/s1. The Morgan fingerprint density at radius 3 is 2.52 bits per heavy atom. The molecule has 2 aromatic rings. The van der Waals surface area contributed by atoms with E-state index in [9.17, 15) is 15.3 Å². The molecule has 168 valence electrons. The lowest BCUT2D eigenvalue weighted by molar-refractivity contribution is -0.219. The van der Waals surface area contributed by atoms with E-state index in [-0.39, 0.29) is 0 Å². The summed E-state index contributed by atoms with van der Waals surface area (Å²) in [6, 6.07) is 13.1. The van der Waals surface area contributed by atoms with Crippen LogP contribution in [0.3, 0.4) is 0 Å². The van der Waals surface area contributed by atoms with Gasteiger partial charge < -0.3 is 29.6 Å². The quantitative estimate of drug-likeness (QED) is 0.325. The van der Waals surface area contributed by atoms with Gasteiger partial charge in [0.2, 0.25) is 0 Å². The van der Waals surface area contributed by atoms with Crippen LogP contribution in [0.2, 0.25) is 5.02 Å². The molecule has 8 heteroatoms. The van der Waals surface area contributed by atoms with E-state index in [1.807, 2.05) is 30.3 Å². The lowest BCUT2D eigenvalue weighted by Gasteiger charge is -2.39. The zero-order valence-electron chi connectivity index (χ0n) is 17.5. The molecule has 3 rings (SSSR count). The maximum atomic E-state index is 10.4. The molecule has 1 saturated heterocycles. The Labute approximate surface area is 186 Å². The third kappa shape index (κ3) is 5.96. The van der Waals surface area contributed by atoms with Crippen LogP contribution in [0.5, 0.6) is 5.75 Å². The summed E-state index contributed by atoms with van der Waals surface area (Å²) in [5.74, 6) is 0.759. The van der Waals surface area contributed by atoms with Gasteiger partial charge in [-0.1, -0.05) is 41.0 Å². The van der Waals surface area contributed by atoms with Gasteiger partial charge in [0, 0.05) is 17.7 Å². The number of hydrogen-bond acceptors (Lipinski definition) is 7. The number of aliphatic hydroxyl groups is 3. The molecule has 1 fully saturated rings. The summed E-state index contributed by atoms with van der Waals surface area (Å²) >= 11 is 6.40. The van der Waals surface area contributed by atoms with Crippen LogP contribution in [0.4, 0.5) is 0 Å². The van der Waals surface area contributed by atoms with Gasteiger partial charge in [-0.3, -0.25) is 0 Å². The molecule has 0 bridgehead atoms. The van der Waals surface area contributed by atoms with Crippen molar-refractivity contribution in [2.45, 2.75) is 50.3 Å². The van der Waals surface area contributed by atoms with Crippen LogP contribution in [0.25, 0.3) is 0 Å². The molecule has 0 aliphatic carbocycles. The lowest BCUT2D eigenvalue weighted by Crippen LogP contribution is -2.53. The summed E-state index contributed by atoms with van der Waals surface area (Å²) in [5, 5.41) is 34.7. The number of rotatable bonds is 8. The number of oxime groups is 1.